The van der Waals surface area contributed by atoms with Crippen molar-refractivity contribution in [2.45, 2.75) is 55.5 Å². The summed E-state index contributed by atoms with van der Waals surface area (Å²) in [5.41, 5.74) is 0.537. The number of hydrogen-bond donors (Lipinski definition) is 0. The third kappa shape index (κ3) is 6.03. The lowest BCUT2D eigenvalue weighted by molar-refractivity contribution is -0.145. The van der Waals surface area contributed by atoms with Crippen molar-refractivity contribution < 1.29 is 39.9 Å². The maximum absolute atomic E-state index is 14.7. The molecule has 1 aromatic carbocycles. The lowest BCUT2D eigenvalue weighted by Gasteiger charge is -2.26. The van der Waals surface area contributed by atoms with Crippen LogP contribution in [0.4, 0.5) is 22.0 Å². The molecule has 1 aliphatic heterocycles. The molecule has 0 bridgehead atoms. The second-order valence-corrected chi connectivity index (χ2v) is 10.6. The van der Waals surface area contributed by atoms with Crippen LogP contribution in [-0.4, -0.2) is 63.8 Å². The number of rotatable bonds is 8. The van der Waals surface area contributed by atoms with Gasteiger partial charge in [0.25, 0.3) is 0 Å². The predicted octanol–water partition coefficient (Wildman–Crippen LogP) is 3.79. The third-order valence-electron chi connectivity index (χ3n) is 6.21. The van der Waals surface area contributed by atoms with Gasteiger partial charge < -0.3 is 4.74 Å². The number of alkyl halides is 4. The van der Waals surface area contributed by atoms with Crippen LogP contribution in [0, 0.1) is 5.82 Å². The van der Waals surface area contributed by atoms with Crippen LogP contribution in [0.2, 0.25) is 0 Å². The number of nitrogens with zero attached hydrogens (tertiary/aromatic N) is 5. The van der Waals surface area contributed by atoms with Gasteiger partial charge in [0.15, 0.2) is 5.78 Å². The minimum absolute atomic E-state index is 0.0293. The zero-order valence-electron chi connectivity index (χ0n) is 20.6. The van der Waals surface area contributed by atoms with Crippen LogP contribution in [0.3, 0.4) is 0 Å². The molecule has 0 radical (unpaired) electrons. The normalized spacial score (nSPS) is 20.2. The molecule has 0 spiro atoms. The molecule has 0 N–H and O–H groups in total. The molecule has 1 aliphatic rings. The first-order valence-electron chi connectivity index (χ1n) is 11.6. The summed E-state index contributed by atoms with van der Waals surface area (Å²) in [4.78, 5) is 27.7. The molecule has 2 aromatic heterocycles. The molecule has 39 heavy (non-hydrogen) atoms. The molecule has 4 rings (SSSR count). The van der Waals surface area contributed by atoms with Crippen molar-refractivity contribution in [3.63, 3.8) is 0 Å². The van der Waals surface area contributed by atoms with E-state index in [1.54, 1.807) is 0 Å². The molecule has 0 aliphatic carbocycles. The van der Waals surface area contributed by atoms with Gasteiger partial charge in [-0.3, -0.25) is 4.79 Å². The fourth-order valence-corrected chi connectivity index (χ4v) is 6.04. The number of ketones is 1. The highest BCUT2D eigenvalue weighted by atomic mass is 32.2. The smallest absolute Gasteiger partial charge is 0.451 e. The van der Waals surface area contributed by atoms with Crippen LogP contribution < -0.4 is 4.74 Å². The van der Waals surface area contributed by atoms with E-state index >= 15 is 0 Å². The van der Waals surface area contributed by atoms with Gasteiger partial charge >= 0.3 is 12.2 Å². The number of hydrogen-bond acceptors (Lipinski definition) is 8. The van der Waals surface area contributed by atoms with Gasteiger partial charge in [0, 0.05) is 36.5 Å². The summed E-state index contributed by atoms with van der Waals surface area (Å²) in [7, 11) is -3.04. The molecule has 0 unspecified atom stereocenters. The SMILES string of the molecule is COc1nc(CCC(=O)[C@@H]2C[C@@H](F)[C@H](C)N2S(=O)(=O)c2ccc(F)cc2)cc(-c2cnc(C(F)(F)F)nc2)n1. The number of aromatic nitrogens is 4. The van der Waals surface area contributed by atoms with Crippen LogP contribution >= 0.6 is 0 Å². The summed E-state index contributed by atoms with van der Waals surface area (Å²) in [5.74, 6) is -2.54. The van der Waals surface area contributed by atoms with E-state index in [0.717, 1.165) is 41.0 Å². The highest BCUT2D eigenvalue weighted by molar-refractivity contribution is 7.89. The molecule has 3 heterocycles. The first-order chi connectivity index (χ1) is 18.3. The summed E-state index contributed by atoms with van der Waals surface area (Å²) in [6.07, 6.45) is -5.05. The summed E-state index contributed by atoms with van der Waals surface area (Å²) < 4.78 is 98.7. The predicted molar refractivity (Wildman–Crippen MR) is 126 cm³/mol. The van der Waals surface area contributed by atoms with Crippen molar-refractivity contribution in [2.24, 2.45) is 0 Å². The molecule has 3 atom stereocenters. The molecule has 9 nitrogen and oxygen atoms in total. The second kappa shape index (κ2) is 10.9. The number of aryl methyl sites for hydroxylation is 1. The molecule has 3 aromatic rings. The number of sulfonamides is 1. The van der Waals surface area contributed by atoms with Gasteiger partial charge in [-0.1, -0.05) is 0 Å². The van der Waals surface area contributed by atoms with Crippen LogP contribution in [0.1, 0.15) is 31.3 Å². The zero-order chi connectivity index (χ0) is 28.5. The molecular formula is C24H22F5N5O4S. The Morgan fingerprint density at radius 1 is 1.13 bits per heavy atom. The van der Waals surface area contributed by atoms with Crippen LogP contribution in [0.25, 0.3) is 11.3 Å². The first kappa shape index (κ1) is 28.4. The highest BCUT2D eigenvalue weighted by Gasteiger charge is 2.48. The maximum atomic E-state index is 14.7. The number of ether oxygens (including phenoxy) is 1. The molecule has 0 amide bonds. The van der Waals surface area contributed by atoms with E-state index in [1.165, 1.54) is 20.1 Å². The van der Waals surface area contributed by atoms with Crippen LogP contribution in [-0.2, 0) is 27.4 Å². The minimum Gasteiger partial charge on any atom is -0.467 e. The van der Waals surface area contributed by atoms with E-state index in [0.29, 0.717) is 0 Å². The summed E-state index contributed by atoms with van der Waals surface area (Å²) >= 11 is 0. The second-order valence-electron chi connectivity index (χ2n) is 8.79. The van der Waals surface area contributed by atoms with Gasteiger partial charge in [-0.25, -0.2) is 32.2 Å². The fraction of sp³-hybridized carbons (Fsp3) is 0.375. The minimum atomic E-state index is -4.72. The third-order valence-corrected chi connectivity index (χ3v) is 8.22. The molecule has 1 saturated heterocycles. The van der Waals surface area contributed by atoms with E-state index in [2.05, 4.69) is 19.9 Å². The van der Waals surface area contributed by atoms with Gasteiger partial charge in [-0.15, -0.1) is 0 Å². The zero-order valence-corrected chi connectivity index (χ0v) is 21.4. The van der Waals surface area contributed by atoms with E-state index in [9.17, 15) is 35.2 Å². The quantitative estimate of drug-likeness (QED) is 0.375. The van der Waals surface area contributed by atoms with E-state index in [4.69, 9.17) is 4.74 Å². The number of carbonyl (C=O) groups is 1. The highest BCUT2D eigenvalue weighted by Crippen LogP contribution is 2.34. The Morgan fingerprint density at radius 2 is 1.77 bits per heavy atom. The molecule has 0 saturated carbocycles. The van der Waals surface area contributed by atoms with Crippen molar-refractivity contribution in [2.75, 3.05) is 7.11 Å². The fourth-order valence-electron chi connectivity index (χ4n) is 4.21. The van der Waals surface area contributed by atoms with E-state index < -0.39 is 51.9 Å². The van der Waals surface area contributed by atoms with Gasteiger partial charge in [-0.05, 0) is 43.7 Å². The first-order valence-corrected chi connectivity index (χ1v) is 13.0. The lowest BCUT2D eigenvalue weighted by atomic mass is 10.0. The van der Waals surface area contributed by atoms with E-state index in [-0.39, 0.29) is 47.1 Å². The van der Waals surface area contributed by atoms with Crippen molar-refractivity contribution in [1.29, 1.82) is 0 Å². The monoisotopic (exact) mass is 571 g/mol. The summed E-state index contributed by atoms with van der Waals surface area (Å²) in [5, 5.41) is 0. The number of halogens is 5. The Bertz CT molecular complexity index is 1450. The molecule has 1 fully saturated rings. The molecule has 208 valence electrons. The Labute approximate surface area is 220 Å². The van der Waals surface area contributed by atoms with Gasteiger partial charge in [0.1, 0.15) is 12.0 Å². The molecule has 15 heteroatoms. The Morgan fingerprint density at radius 3 is 2.36 bits per heavy atom. The summed E-state index contributed by atoms with van der Waals surface area (Å²) in [6.45, 7) is 1.35. The van der Waals surface area contributed by atoms with Crippen molar-refractivity contribution >= 4 is 15.8 Å². The van der Waals surface area contributed by atoms with Crippen molar-refractivity contribution in [3.05, 3.63) is 60.1 Å². The number of carbonyl (C=O) groups excluding carboxylic acids is 1. The summed E-state index contributed by atoms with van der Waals surface area (Å²) in [6, 6.07) is 2.86. The van der Waals surface area contributed by atoms with Crippen molar-refractivity contribution in [1.82, 2.24) is 24.2 Å². The van der Waals surface area contributed by atoms with Crippen LogP contribution in [0.5, 0.6) is 6.01 Å². The number of Topliss-reactive ketones (excluding diaryl/α,β-unsaturated/α-hetero) is 1. The van der Waals surface area contributed by atoms with Gasteiger partial charge in [0.2, 0.25) is 15.8 Å². The Balaban J connectivity index is 1.55. The molecular weight excluding hydrogens is 549 g/mol. The average Bonchev–Trinajstić information content (AvgIpc) is 3.21. The number of methoxy groups -OCH3 is 1. The maximum Gasteiger partial charge on any atom is 0.451 e. The van der Waals surface area contributed by atoms with Crippen LogP contribution in [0.15, 0.2) is 47.6 Å². The van der Waals surface area contributed by atoms with Gasteiger partial charge in [-0.2, -0.15) is 22.5 Å². The Kier molecular flexibility index (Phi) is 7.93. The topological polar surface area (TPSA) is 115 Å². The number of benzene rings is 1. The average molecular weight is 572 g/mol. The van der Waals surface area contributed by atoms with Crippen molar-refractivity contribution in [3.8, 4) is 17.3 Å². The Hall–Kier alpha value is -3.59. The van der Waals surface area contributed by atoms with E-state index in [1.807, 2.05) is 0 Å². The standard InChI is InChI=1S/C24H22F5N5O4S/c1-13-18(26)10-20(34(13)39(36,37)17-6-3-15(25)4-7-17)21(35)8-5-16-9-19(33-23(32-16)38-2)14-11-30-22(31-12-14)24(27,28)29/h3-4,6-7,9,11-13,18,20H,5,8,10H2,1-2H3/t13-,18+,20-/m0/s1. The van der Waals surface area contributed by atoms with Gasteiger partial charge in [0.05, 0.1) is 29.8 Å². The lowest BCUT2D eigenvalue weighted by Crippen LogP contribution is -2.44. The largest absolute Gasteiger partial charge is 0.467 e.